The Hall–Kier alpha value is -0.271. The van der Waals surface area contributed by atoms with Crippen molar-refractivity contribution >= 4 is 0 Å². The molecule has 14 heavy (non-hydrogen) atoms. The Labute approximate surface area is 94.3 Å². The summed E-state index contributed by atoms with van der Waals surface area (Å²) in [6, 6.07) is 0.974. The molecule has 0 N–H and O–H groups in total. The fraction of sp³-hybridized carbons (Fsp3) is 0.727. The van der Waals surface area contributed by atoms with E-state index in [-0.39, 0.29) is 0 Å². The van der Waals surface area contributed by atoms with E-state index in [0.717, 1.165) is 4.32 Å². The molecule has 0 radical (unpaired) electrons. The van der Waals surface area contributed by atoms with Gasteiger partial charge in [0, 0.05) is 0 Å². The molecule has 82 valence electrons. The van der Waals surface area contributed by atoms with Gasteiger partial charge in [0.15, 0.2) is 0 Å². The molecular formula is C11H20FeN2. The molecule has 0 saturated heterocycles. The van der Waals surface area contributed by atoms with Gasteiger partial charge in [0.1, 0.15) is 0 Å². The van der Waals surface area contributed by atoms with E-state index < -0.39 is 0 Å². The van der Waals surface area contributed by atoms with Crippen LogP contribution in [0.4, 0.5) is 0 Å². The minimum absolute atomic E-state index is 0.487. The molecule has 0 atom stereocenters. The van der Waals surface area contributed by atoms with Crippen molar-refractivity contribution in [1.29, 1.82) is 0 Å². The third-order valence-electron chi connectivity index (χ3n) is 2.66. The molecule has 2 nitrogen and oxygen atoms in total. The number of nitrogens with zero attached hydrogens (tertiary/aromatic N) is 2. The monoisotopic (exact) mass is 236 g/mol. The van der Waals surface area contributed by atoms with Crippen molar-refractivity contribution in [2.75, 3.05) is 0 Å². The summed E-state index contributed by atoms with van der Waals surface area (Å²) in [6.07, 6.45) is 0. The molecule has 0 saturated carbocycles. The summed E-state index contributed by atoms with van der Waals surface area (Å²) in [6.45, 7) is 13.1. The van der Waals surface area contributed by atoms with Crippen LogP contribution < -0.4 is 0 Å². The molecule has 0 amide bonds. The van der Waals surface area contributed by atoms with E-state index in [1.807, 2.05) is 0 Å². The average molecular weight is 236 g/mol. The first-order chi connectivity index (χ1) is 6.37. The van der Waals surface area contributed by atoms with Crippen LogP contribution in [0.25, 0.3) is 0 Å². The standard InChI is InChI=1S/C11H20N2.Fe/c1-8(2)12-7-13(9(3)4)11(6)10(12)5;/h8-9H,1-6H3;. The molecular weight excluding hydrogens is 216 g/mol. The van der Waals surface area contributed by atoms with Gasteiger partial charge in [-0.3, -0.25) is 0 Å². The molecule has 0 aliphatic heterocycles. The normalized spacial score (nSPS) is 11.8. The summed E-state index contributed by atoms with van der Waals surface area (Å²) < 4.78 is 5.72. The summed E-state index contributed by atoms with van der Waals surface area (Å²) in [5.74, 6) is 0. The number of hydrogen-bond donors (Lipinski definition) is 0. The Morgan fingerprint density at radius 3 is 1.29 bits per heavy atom. The zero-order valence-electron chi connectivity index (χ0n) is 9.90. The van der Waals surface area contributed by atoms with Crippen LogP contribution >= 0.6 is 0 Å². The Morgan fingerprint density at radius 1 is 0.857 bits per heavy atom. The molecule has 0 bridgehead atoms. The van der Waals surface area contributed by atoms with E-state index in [2.05, 4.69) is 66.3 Å². The van der Waals surface area contributed by atoms with Gasteiger partial charge in [-0.25, -0.2) is 0 Å². The van der Waals surface area contributed by atoms with E-state index >= 15 is 0 Å². The van der Waals surface area contributed by atoms with E-state index in [9.17, 15) is 0 Å². The van der Waals surface area contributed by atoms with Crippen molar-refractivity contribution in [3.05, 3.63) is 15.7 Å². The molecule has 1 rings (SSSR count). The zero-order chi connectivity index (χ0) is 11.0. The van der Waals surface area contributed by atoms with Crippen LogP contribution in [0.1, 0.15) is 51.2 Å². The van der Waals surface area contributed by atoms with Crippen LogP contribution in [0.2, 0.25) is 0 Å². The van der Waals surface area contributed by atoms with Crippen molar-refractivity contribution in [1.82, 2.24) is 9.13 Å². The Morgan fingerprint density at radius 2 is 1.14 bits per heavy atom. The van der Waals surface area contributed by atoms with Crippen molar-refractivity contribution in [2.24, 2.45) is 0 Å². The Bertz CT molecular complexity index is 348. The van der Waals surface area contributed by atoms with E-state index in [4.69, 9.17) is 0 Å². The Kier molecular flexibility index (Phi) is 3.44. The number of hydrogen-bond acceptors (Lipinski definition) is 0. The van der Waals surface area contributed by atoms with Gasteiger partial charge >= 0.3 is 94.0 Å². The predicted molar refractivity (Wildman–Crippen MR) is 55.9 cm³/mol. The summed E-state index contributed by atoms with van der Waals surface area (Å²) in [5, 5.41) is 0. The maximum absolute atomic E-state index is 4.17. The average Bonchev–Trinajstić information content (AvgIpc) is 2.23. The first kappa shape index (κ1) is 11.8. The first-order valence-electron chi connectivity index (χ1n) is 5.15. The molecule has 0 aliphatic carbocycles. The van der Waals surface area contributed by atoms with E-state index in [1.165, 1.54) is 11.4 Å². The van der Waals surface area contributed by atoms with Crippen LogP contribution in [-0.4, -0.2) is 9.13 Å². The van der Waals surface area contributed by atoms with Crippen LogP contribution in [0.15, 0.2) is 0 Å². The minimum atomic E-state index is 0.487. The van der Waals surface area contributed by atoms with Gasteiger partial charge in [0.25, 0.3) is 0 Å². The molecule has 0 aromatic carbocycles. The van der Waals surface area contributed by atoms with Gasteiger partial charge in [-0.05, 0) is 0 Å². The van der Waals surface area contributed by atoms with Crippen molar-refractivity contribution in [3.8, 4) is 0 Å². The molecule has 0 fully saturated rings. The SMILES string of the molecule is Cc1c(C)n(C(C)C)[c](=[Fe])n1C(C)C. The topological polar surface area (TPSA) is 9.86 Å². The Balaban J connectivity index is 3.50. The second-order valence-corrected chi connectivity index (χ2v) is 4.85. The van der Waals surface area contributed by atoms with Crippen molar-refractivity contribution in [2.45, 2.75) is 53.6 Å². The summed E-state index contributed by atoms with van der Waals surface area (Å²) in [5.41, 5.74) is 2.66. The number of imidazole rings is 1. The molecule has 0 aliphatic rings. The third-order valence-corrected chi connectivity index (χ3v) is 3.20. The van der Waals surface area contributed by atoms with Gasteiger partial charge in [0.2, 0.25) is 0 Å². The van der Waals surface area contributed by atoms with Gasteiger partial charge in [-0.2, -0.15) is 0 Å². The zero-order valence-corrected chi connectivity index (χ0v) is 11.0. The summed E-state index contributed by atoms with van der Waals surface area (Å²) in [4.78, 5) is 0. The second kappa shape index (κ2) is 4.08. The molecule has 0 spiro atoms. The molecule has 0 unspecified atom stereocenters. The van der Waals surface area contributed by atoms with Gasteiger partial charge in [-0.15, -0.1) is 0 Å². The maximum atomic E-state index is 4.17. The quantitative estimate of drug-likeness (QED) is 0.698. The fourth-order valence-corrected chi connectivity index (χ4v) is 2.86. The third kappa shape index (κ3) is 1.76. The number of rotatable bonds is 2. The molecule has 3 heteroatoms. The summed E-state index contributed by atoms with van der Waals surface area (Å²) in [7, 11) is 0. The predicted octanol–water partition coefficient (Wildman–Crippen LogP) is 3.15. The van der Waals surface area contributed by atoms with Crippen LogP contribution in [0, 0.1) is 18.2 Å². The fourth-order valence-electron chi connectivity index (χ4n) is 1.92. The van der Waals surface area contributed by atoms with Gasteiger partial charge in [-0.1, -0.05) is 0 Å². The molecule has 1 aromatic heterocycles. The van der Waals surface area contributed by atoms with Gasteiger partial charge < -0.3 is 0 Å². The van der Waals surface area contributed by atoms with Crippen LogP contribution in [0.5, 0.6) is 0 Å². The van der Waals surface area contributed by atoms with E-state index in [1.54, 1.807) is 0 Å². The van der Waals surface area contributed by atoms with Crippen molar-refractivity contribution < 1.29 is 15.6 Å². The van der Waals surface area contributed by atoms with Crippen molar-refractivity contribution in [3.63, 3.8) is 0 Å². The van der Waals surface area contributed by atoms with Gasteiger partial charge in [0.05, 0.1) is 0 Å². The molecule has 1 aromatic rings. The second-order valence-electron chi connectivity index (χ2n) is 4.36. The number of aromatic nitrogens is 2. The molecule has 1 heterocycles. The van der Waals surface area contributed by atoms with Crippen LogP contribution in [-0.2, 0) is 15.6 Å². The summed E-state index contributed by atoms with van der Waals surface area (Å²) >= 11 is 4.17. The van der Waals surface area contributed by atoms with Crippen LogP contribution in [0.3, 0.4) is 0 Å². The van der Waals surface area contributed by atoms with E-state index in [0.29, 0.717) is 12.1 Å². The first-order valence-corrected chi connectivity index (χ1v) is 5.70.